The molecule has 1 N–H and O–H groups in total. The minimum Gasteiger partial charge on any atom is -0.503 e. The summed E-state index contributed by atoms with van der Waals surface area (Å²) in [6.45, 7) is 7.51. The molecule has 112 valence electrons. The van der Waals surface area contributed by atoms with E-state index >= 15 is 0 Å². The van der Waals surface area contributed by atoms with Crippen LogP contribution >= 0.6 is 15.9 Å². The first kappa shape index (κ1) is 15.6. The third kappa shape index (κ3) is 3.27. The Hall–Kier alpha value is -0.780. The van der Waals surface area contributed by atoms with Crippen molar-refractivity contribution in [2.45, 2.75) is 32.5 Å². The van der Waals surface area contributed by atoms with Crippen LogP contribution in [0.5, 0.6) is 11.5 Å². The van der Waals surface area contributed by atoms with Crippen LogP contribution in [-0.2, 0) is 6.54 Å². The number of phenols is 1. The summed E-state index contributed by atoms with van der Waals surface area (Å²) < 4.78 is 5.89. The monoisotopic (exact) mass is 342 g/mol. The van der Waals surface area contributed by atoms with Gasteiger partial charge in [0, 0.05) is 31.7 Å². The summed E-state index contributed by atoms with van der Waals surface area (Å²) in [6.07, 6.45) is 0. The van der Waals surface area contributed by atoms with Crippen molar-refractivity contribution in [1.82, 2.24) is 9.80 Å². The molecule has 1 aliphatic heterocycles. The van der Waals surface area contributed by atoms with Gasteiger partial charge in [-0.15, -0.1) is 0 Å². The van der Waals surface area contributed by atoms with Gasteiger partial charge in [-0.2, -0.15) is 0 Å². The Kier molecular flexibility index (Phi) is 4.94. The van der Waals surface area contributed by atoms with E-state index in [0.717, 1.165) is 25.2 Å². The second kappa shape index (κ2) is 6.33. The minimum atomic E-state index is 0.163. The van der Waals surface area contributed by atoms with E-state index in [1.807, 2.05) is 12.1 Å². The summed E-state index contributed by atoms with van der Waals surface area (Å²) in [7, 11) is 3.76. The molecule has 1 heterocycles. The third-order valence-electron chi connectivity index (χ3n) is 4.15. The van der Waals surface area contributed by atoms with Crippen LogP contribution in [0.4, 0.5) is 0 Å². The molecular weight excluding hydrogens is 320 g/mol. The van der Waals surface area contributed by atoms with Crippen molar-refractivity contribution in [3.8, 4) is 11.5 Å². The number of aromatic hydroxyl groups is 1. The highest BCUT2D eigenvalue weighted by Crippen LogP contribution is 2.35. The summed E-state index contributed by atoms with van der Waals surface area (Å²) in [4.78, 5) is 4.87. The van der Waals surface area contributed by atoms with Crippen molar-refractivity contribution in [3.05, 3.63) is 22.2 Å². The van der Waals surface area contributed by atoms with Crippen LogP contribution in [0.25, 0.3) is 0 Å². The van der Waals surface area contributed by atoms with Crippen molar-refractivity contribution in [2.24, 2.45) is 0 Å². The Bertz CT molecular complexity index is 469. The molecule has 1 aliphatic rings. The molecule has 0 bridgehead atoms. The highest BCUT2D eigenvalue weighted by molar-refractivity contribution is 9.10. The summed E-state index contributed by atoms with van der Waals surface area (Å²) in [5.41, 5.74) is 1.15. The molecule has 2 atom stereocenters. The molecule has 0 saturated carbocycles. The van der Waals surface area contributed by atoms with Crippen LogP contribution in [0.1, 0.15) is 19.4 Å². The van der Waals surface area contributed by atoms with Crippen molar-refractivity contribution in [2.75, 3.05) is 27.2 Å². The van der Waals surface area contributed by atoms with Gasteiger partial charge in [-0.05, 0) is 54.5 Å². The predicted octanol–water partition coefficient (Wildman–Crippen LogP) is 2.69. The zero-order valence-electron chi connectivity index (χ0n) is 12.6. The highest BCUT2D eigenvalue weighted by Gasteiger charge is 2.26. The lowest BCUT2D eigenvalue weighted by atomic mass is 10.1. The normalized spacial score (nSPS) is 24.9. The van der Waals surface area contributed by atoms with Crippen LogP contribution < -0.4 is 4.74 Å². The van der Waals surface area contributed by atoms with Crippen molar-refractivity contribution >= 4 is 15.9 Å². The highest BCUT2D eigenvalue weighted by atomic mass is 79.9. The topological polar surface area (TPSA) is 35.9 Å². The first-order valence-corrected chi connectivity index (χ1v) is 7.71. The fourth-order valence-electron chi connectivity index (χ4n) is 2.78. The van der Waals surface area contributed by atoms with Gasteiger partial charge < -0.3 is 9.84 Å². The molecule has 0 spiro atoms. The number of hydrogen-bond acceptors (Lipinski definition) is 4. The Labute approximate surface area is 129 Å². The molecule has 0 radical (unpaired) electrons. The number of piperazine rings is 1. The Morgan fingerprint density at radius 1 is 1.30 bits per heavy atom. The SMILES string of the molecule is COc1cc(CN2CC(C)N(C)C(C)C2)cc(Br)c1O. The number of halogens is 1. The number of benzene rings is 1. The smallest absolute Gasteiger partial charge is 0.172 e. The second-order valence-electron chi connectivity index (χ2n) is 5.69. The summed E-state index contributed by atoms with van der Waals surface area (Å²) in [6, 6.07) is 4.99. The summed E-state index contributed by atoms with van der Waals surface area (Å²) in [5.74, 6) is 0.681. The van der Waals surface area contributed by atoms with Gasteiger partial charge in [-0.1, -0.05) is 0 Å². The van der Waals surface area contributed by atoms with Crippen LogP contribution in [0, 0.1) is 0 Å². The number of likely N-dealkylation sites (N-methyl/N-ethyl adjacent to an activating group) is 1. The minimum absolute atomic E-state index is 0.163. The van der Waals surface area contributed by atoms with Crippen LogP contribution in [0.2, 0.25) is 0 Å². The lowest BCUT2D eigenvalue weighted by Crippen LogP contribution is -2.54. The van der Waals surface area contributed by atoms with Crippen LogP contribution in [0.3, 0.4) is 0 Å². The molecule has 1 fully saturated rings. The van der Waals surface area contributed by atoms with Gasteiger partial charge in [0.2, 0.25) is 0 Å². The van der Waals surface area contributed by atoms with Gasteiger partial charge in [0.05, 0.1) is 11.6 Å². The van der Waals surface area contributed by atoms with Gasteiger partial charge in [0.1, 0.15) is 0 Å². The third-order valence-corrected chi connectivity index (χ3v) is 4.75. The molecule has 0 aromatic heterocycles. The van der Waals surface area contributed by atoms with E-state index in [1.165, 1.54) is 0 Å². The van der Waals surface area contributed by atoms with Gasteiger partial charge in [-0.25, -0.2) is 0 Å². The van der Waals surface area contributed by atoms with Gasteiger partial charge in [0.15, 0.2) is 11.5 Å². The quantitative estimate of drug-likeness (QED) is 0.916. The molecule has 0 amide bonds. The predicted molar refractivity (Wildman–Crippen MR) is 84.3 cm³/mol. The molecule has 0 aliphatic carbocycles. The first-order valence-electron chi connectivity index (χ1n) is 6.92. The first-order chi connectivity index (χ1) is 9.42. The molecule has 5 heteroatoms. The molecule has 2 unspecified atom stereocenters. The van der Waals surface area contributed by atoms with E-state index < -0.39 is 0 Å². The molecule has 1 aromatic carbocycles. The number of hydrogen-bond donors (Lipinski definition) is 1. The van der Waals surface area contributed by atoms with E-state index in [-0.39, 0.29) is 5.75 Å². The fourth-order valence-corrected chi connectivity index (χ4v) is 3.26. The number of nitrogens with zero attached hydrogens (tertiary/aromatic N) is 2. The van der Waals surface area contributed by atoms with Crippen LogP contribution in [-0.4, -0.2) is 54.2 Å². The largest absolute Gasteiger partial charge is 0.503 e. The maximum atomic E-state index is 9.85. The van der Waals surface area contributed by atoms with Gasteiger partial charge in [0.25, 0.3) is 0 Å². The van der Waals surface area contributed by atoms with Crippen molar-refractivity contribution in [1.29, 1.82) is 0 Å². The zero-order chi connectivity index (χ0) is 14.9. The Balaban J connectivity index is 2.12. The average Bonchev–Trinajstić information content (AvgIpc) is 2.39. The maximum absolute atomic E-state index is 9.85. The molecule has 1 saturated heterocycles. The standard InChI is InChI=1S/C15H23BrN2O2/c1-10-7-18(8-11(2)17(10)3)9-12-5-13(16)15(19)14(6-12)20-4/h5-6,10-11,19H,7-9H2,1-4H3. The van der Waals surface area contributed by atoms with E-state index in [2.05, 4.69) is 46.6 Å². The maximum Gasteiger partial charge on any atom is 0.172 e. The number of ether oxygens (including phenoxy) is 1. The number of phenolic OH excluding ortho intramolecular Hbond substituents is 1. The molecule has 1 aromatic rings. The lowest BCUT2D eigenvalue weighted by Gasteiger charge is -2.42. The average molecular weight is 343 g/mol. The summed E-state index contributed by atoms with van der Waals surface area (Å²) >= 11 is 3.38. The second-order valence-corrected chi connectivity index (χ2v) is 6.54. The van der Waals surface area contributed by atoms with Crippen molar-refractivity contribution in [3.63, 3.8) is 0 Å². The molecular formula is C15H23BrN2O2. The van der Waals surface area contributed by atoms with Crippen LogP contribution in [0.15, 0.2) is 16.6 Å². The van der Waals surface area contributed by atoms with Gasteiger partial charge in [-0.3, -0.25) is 9.80 Å². The number of rotatable bonds is 3. The fraction of sp³-hybridized carbons (Fsp3) is 0.600. The van der Waals surface area contributed by atoms with E-state index in [9.17, 15) is 5.11 Å². The molecule has 2 rings (SSSR count). The Morgan fingerprint density at radius 3 is 2.45 bits per heavy atom. The Morgan fingerprint density at radius 2 is 1.90 bits per heavy atom. The molecule has 20 heavy (non-hydrogen) atoms. The van der Waals surface area contributed by atoms with Crippen molar-refractivity contribution < 1.29 is 9.84 Å². The molecule has 4 nitrogen and oxygen atoms in total. The van der Waals surface area contributed by atoms with E-state index in [0.29, 0.717) is 22.3 Å². The lowest BCUT2D eigenvalue weighted by molar-refractivity contribution is 0.0556. The zero-order valence-corrected chi connectivity index (χ0v) is 14.1. The van der Waals surface area contributed by atoms with E-state index in [4.69, 9.17) is 4.74 Å². The number of methoxy groups -OCH3 is 1. The summed E-state index contributed by atoms with van der Waals surface area (Å²) in [5, 5.41) is 9.85. The van der Waals surface area contributed by atoms with Gasteiger partial charge >= 0.3 is 0 Å². The van der Waals surface area contributed by atoms with E-state index in [1.54, 1.807) is 7.11 Å².